The van der Waals surface area contributed by atoms with E-state index in [-0.39, 0.29) is 42.6 Å². The van der Waals surface area contributed by atoms with Crippen LogP contribution in [0.1, 0.15) is 97.3 Å². The van der Waals surface area contributed by atoms with Crippen molar-refractivity contribution in [2.45, 2.75) is 103 Å². The lowest BCUT2D eigenvalue weighted by Gasteiger charge is -2.60. The molecule has 8 heteroatoms. The Balaban J connectivity index is 1.17. The smallest absolute Gasteiger partial charge is 0.333 e. The van der Waals surface area contributed by atoms with E-state index in [2.05, 4.69) is 13.8 Å². The van der Waals surface area contributed by atoms with Crippen molar-refractivity contribution in [3.63, 3.8) is 0 Å². The zero-order valence-electron chi connectivity index (χ0n) is 20.9. The second kappa shape index (κ2) is 9.00. The lowest BCUT2D eigenvalue weighted by Crippen LogP contribution is -2.54. The first-order valence-corrected chi connectivity index (χ1v) is 13.4. The molecule has 0 N–H and O–H groups in total. The Hall–Kier alpha value is -2.25. The average molecular weight is 488 g/mol. The molecule has 0 bridgehead atoms. The van der Waals surface area contributed by atoms with Gasteiger partial charge in [0.2, 0.25) is 0 Å². The summed E-state index contributed by atoms with van der Waals surface area (Å²) in [7, 11) is 0. The molecular weight excluding hydrogens is 450 g/mol. The van der Waals surface area contributed by atoms with Gasteiger partial charge in [0, 0.05) is 31.1 Å². The van der Waals surface area contributed by atoms with Crippen molar-refractivity contribution in [3.8, 4) is 0 Å². The number of imide groups is 1. The summed E-state index contributed by atoms with van der Waals surface area (Å²) in [6, 6.07) is 0. The number of rotatable bonds is 5. The molecule has 4 saturated carbocycles. The maximum atomic E-state index is 12.6. The Labute approximate surface area is 206 Å². The van der Waals surface area contributed by atoms with E-state index in [1.54, 1.807) is 0 Å². The number of carbonyl (C=O) groups excluding carboxylic acids is 5. The summed E-state index contributed by atoms with van der Waals surface area (Å²) in [4.78, 5) is 64.8. The van der Waals surface area contributed by atoms with Gasteiger partial charge in [0.15, 0.2) is 0 Å². The van der Waals surface area contributed by atoms with Gasteiger partial charge in [-0.2, -0.15) is 0 Å². The van der Waals surface area contributed by atoms with Gasteiger partial charge >= 0.3 is 11.9 Å². The minimum absolute atomic E-state index is 0.0371. The second-order valence-electron chi connectivity index (χ2n) is 12.0. The molecule has 0 aromatic carbocycles. The van der Waals surface area contributed by atoms with Crippen LogP contribution in [-0.4, -0.2) is 40.7 Å². The number of carbonyl (C=O) groups is 5. The van der Waals surface area contributed by atoms with Gasteiger partial charge in [-0.1, -0.05) is 13.8 Å². The average Bonchev–Trinajstić information content (AvgIpc) is 3.31. The van der Waals surface area contributed by atoms with Crippen molar-refractivity contribution in [3.05, 3.63) is 0 Å². The van der Waals surface area contributed by atoms with Crippen LogP contribution in [0.5, 0.6) is 0 Å². The first-order chi connectivity index (χ1) is 16.6. The summed E-state index contributed by atoms with van der Waals surface area (Å²) in [6.07, 6.45) is 8.39. The highest BCUT2D eigenvalue weighted by molar-refractivity contribution is 6.01. The Bertz CT molecular complexity index is 930. The number of amides is 2. The van der Waals surface area contributed by atoms with Gasteiger partial charge < -0.3 is 9.57 Å². The number of ether oxygens (including phenoxy) is 1. The van der Waals surface area contributed by atoms with E-state index in [1.165, 1.54) is 6.42 Å². The lowest BCUT2D eigenvalue weighted by molar-refractivity contribution is -0.198. The SMILES string of the molecule is C[C@]12CCC(=O)C[C@@H]1CC[C@@H]1[C@@H]2CC[C@]2(C)[C@@H](OC(=O)CCC(=O)ON3C(=O)CCC3=O)CC[C@@H]12. The standard InChI is InChI=1S/C27H37NO7/c1-26-13-11-17(29)15-16(26)3-4-18-19-5-6-21(27(19,2)14-12-20(18)26)34-24(32)9-10-25(33)35-28-22(30)7-8-23(28)31/h16,18-21H,3-15H2,1-2H3/t16-,18-,19-,20-,21-,26-,27-/m0/s1. The van der Waals surface area contributed by atoms with Gasteiger partial charge in [0.05, 0.1) is 12.8 Å². The normalized spacial score (nSPS) is 40.7. The van der Waals surface area contributed by atoms with Crippen LogP contribution in [0.2, 0.25) is 0 Å². The minimum Gasteiger partial charge on any atom is -0.462 e. The molecule has 35 heavy (non-hydrogen) atoms. The third-order valence-electron chi connectivity index (χ3n) is 10.4. The second-order valence-corrected chi connectivity index (χ2v) is 12.0. The van der Waals surface area contributed by atoms with Crippen molar-refractivity contribution in [1.82, 2.24) is 5.06 Å². The van der Waals surface area contributed by atoms with Crippen molar-refractivity contribution in [1.29, 1.82) is 0 Å². The van der Waals surface area contributed by atoms with Gasteiger partial charge in [-0.25, -0.2) is 4.79 Å². The molecule has 0 spiro atoms. The van der Waals surface area contributed by atoms with Gasteiger partial charge in [0.1, 0.15) is 11.9 Å². The summed E-state index contributed by atoms with van der Waals surface area (Å²) < 4.78 is 5.93. The molecule has 1 aliphatic heterocycles. The fourth-order valence-corrected chi connectivity index (χ4v) is 8.42. The van der Waals surface area contributed by atoms with E-state index in [0.29, 0.717) is 34.5 Å². The first-order valence-electron chi connectivity index (χ1n) is 13.4. The van der Waals surface area contributed by atoms with Crippen molar-refractivity contribution in [2.24, 2.45) is 34.5 Å². The molecule has 0 radical (unpaired) electrons. The zero-order valence-corrected chi connectivity index (χ0v) is 20.9. The summed E-state index contributed by atoms with van der Waals surface area (Å²) in [6.45, 7) is 4.70. The zero-order chi connectivity index (χ0) is 25.0. The topological polar surface area (TPSA) is 107 Å². The number of nitrogens with zero attached hydrogens (tertiary/aromatic N) is 1. The predicted octanol–water partition coefficient (Wildman–Crippen LogP) is 3.90. The van der Waals surface area contributed by atoms with Crippen LogP contribution in [0.15, 0.2) is 0 Å². The van der Waals surface area contributed by atoms with E-state index in [1.807, 2.05) is 0 Å². The predicted molar refractivity (Wildman–Crippen MR) is 123 cm³/mol. The maximum absolute atomic E-state index is 12.6. The number of fused-ring (bicyclic) bond motifs is 5. The summed E-state index contributed by atoms with van der Waals surface area (Å²) in [5.74, 6) is 0.464. The number of esters is 1. The van der Waals surface area contributed by atoms with E-state index >= 15 is 0 Å². The number of hydroxylamine groups is 2. The first kappa shape index (κ1) is 24.4. The number of hydrogen-bond donors (Lipinski definition) is 0. The van der Waals surface area contributed by atoms with Crippen LogP contribution in [-0.2, 0) is 33.5 Å². The lowest BCUT2D eigenvalue weighted by atomic mass is 9.45. The van der Waals surface area contributed by atoms with Gasteiger partial charge in [-0.3, -0.25) is 19.2 Å². The Morgan fingerprint density at radius 1 is 0.829 bits per heavy atom. The summed E-state index contributed by atoms with van der Waals surface area (Å²) in [5, 5.41) is 0.506. The number of hydrogen-bond acceptors (Lipinski definition) is 7. The monoisotopic (exact) mass is 487 g/mol. The van der Waals surface area contributed by atoms with Crippen LogP contribution in [0.4, 0.5) is 0 Å². The fourth-order valence-electron chi connectivity index (χ4n) is 8.42. The molecule has 0 aromatic heterocycles. The Morgan fingerprint density at radius 2 is 1.51 bits per heavy atom. The molecule has 5 rings (SSSR count). The van der Waals surface area contributed by atoms with E-state index in [9.17, 15) is 24.0 Å². The fraction of sp³-hybridized carbons (Fsp3) is 0.815. The van der Waals surface area contributed by atoms with Crippen LogP contribution in [0.3, 0.4) is 0 Å². The molecule has 1 heterocycles. The van der Waals surface area contributed by atoms with Crippen LogP contribution < -0.4 is 0 Å². The maximum Gasteiger partial charge on any atom is 0.333 e. The van der Waals surface area contributed by atoms with Crippen LogP contribution in [0.25, 0.3) is 0 Å². The highest BCUT2D eigenvalue weighted by Gasteiger charge is 2.61. The molecule has 5 aliphatic rings. The molecule has 8 nitrogen and oxygen atoms in total. The molecule has 5 fully saturated rings. The third-order valence-corrected chi connectivity index (χ3v) is 10.4. The molecule has 1 saturated heterocycles. The van der Waals surface area contributed by atoms with Gasteiger partial charge in [-0.15, -0.1) is 5.06 Å². The molecule has 0 unspecified atom stereocenters. The Kier molecular flexibility index (Phi) is 6.29. The van der Waals surface area contributed by atoms with Crippen molar-refractivity contribution >= 4 is 29.5 Å². The number of Topliss-reactive ketones (excluding diaryl/α,β-unsaturated/α-hetero) is 1. The van der Waals surface area contributed by atoms with Gasteiger partial charge in [0.25, 0.3) is 11.8 Å². The molecule has 7 atom stereocenters. The minimum atomic E-state index is -0.780. The van der Waals surface area contributed by atoms with Crippen molar-refractivity contribution < 1.29 is 33.5 Å². The molecule has 0 aromatic rings. The molecule has 4 aliphatic carbocycles. The number of ketones is 1. The summed E-state index contributed by atoms with van der Waals surface area (Å²) in [5.41, 5.74) is 0.199. The molecule has 2 amide bonds. The highest BCUT2D eigenvalue weighted by atomic mass is 16.7. The highest BCUT2D eigenvalue weighted by Crippen LogP contribution is 2.66. The quantitative estimate of drug-likeness (QED) is 0.428. The third kappa shape index (κ3) is 4.20. The van der Waals surface area contributed by atoms with E-state index in [4.69, 9.17) is 9.57 Å². The largest absolute Gasteiger partial charge is 0.462 e. The Morgan fingerprint density at radius 3 is 2.26 bits per heavy atom. The summed E-state index contributed by atoms with van der Waals surface area (Å²) >= 11 is 0. The molecule has 192 valence electrons. The van der Waals surface area contributed by atoms with Gasteiger partial charge in [-0.05, 0) is 74.0 Å². The van der Waals surface area contributed by atoms with Crippen LogP contribution >= 0.6 is 0 Å². The van der Waals surface area contributed by atoms with E-state index in [0.717, 1.165) is 51.4 Å². The van der Waals surface area contributed by atoms with E-state index < -0.39 is 23.8 Å². The molecular formula is C27H37NO7. The van der Waals surface area contributed by atoms with Crippen molar-refractivity contribution in [2.75, 3.05) is 0 Å². The van der Waals surface area contributed by atoms with Crippen LogP contribution in [0, 0.1) is 34.5 Å².